The number of aliphatic hydroxyl groups is 1. The number of aryl methyl sites for hydroxylation is 1. The number of carbonyl (C=O) groups excluding carboxylic acids is 1. The van der Waals surface area contributed by atoms with E-state index >= 15 is 0 Å². The molecule has 8 bridgehead atoms. The van der Waals surface area contributed by atoms with Crippen LogP contribution in [0.5, 0.6) is 0 Å². The number of aromatic amines is 2. The molecule has 6 nitrogen and oxygen atoms in total. The van der Waals surface area contributed by atoms with E-state index in [1.165, 1.54) is 0 Å². The molecule has 5 heterocycles. The van der Waals surface area contributed by atoms with E-state index in [-0.39, 0.29) is 17.5 Å². The van der Waals surface area contributed by atoms with Gasteiger partial charge in [-0.15, -0.1) is 0 Å². The van der Waals surface area contributed by atoms with Crippen molar-refractivity contribution in [1.29, 1.82) is 0 Å². The summed E-state index contributed by atoms with van der Waals surface area (Å²) in [5, 5.41) is 11.0. The number of hydrogen-bond donors (Lipinski definition) is 3. The fourth-order valence-electron chi connectivity index (χ4n) is 6.53. The molecule has 0 radical (unpaired) electrons. The van der Waals surface area contributed by atoms with E-state index in [1.54, 1.807) is 0 Å². The fourth-order valence-corrected chi connectivity index (χ4v) is 6.53. The fraction of sp³-hybridized carbons (Fsp3) is 0.219. The van der Waals surface area contributed by atoms with E-state index in [1.807, 2.05) is 38.1 Å². The SMILES string of the molecule is C=CC1=C(C)c2cc3[nH]c4c5c6[nH]c(cc7nc(cc1n2)C(C)=C7C=C)c(C)c6C(=O)C5=C(O)CC[C@H]4C3. The molecule has 2 aromatic rings. The van der Waals surface area contributed by atoms with E-state index in [4.69, 9.17) is 9.97 Å². The molecule has 6 heteroatoms. The Kier molecular flexibility index (Phi) is 4.65. The van der Waals surface area contributed by atoms with Crippen LogP contribution in [0.1, 0.15) is 88.3 Å². The zero-order chi connectivity index (χ0) is 26.5. The molecular weight excluding hydrogens is 472 g/mol. The van der Waals surface area contributed by atoms with Crippen LogP contribution in [-0.4, -0.2) is 30.8 Å². The van der Waals surface area contributed by atoms with Crippen molar-refractivity contribution < 1.29 is 9.90 Å². The van der Waals surface area contributed by atoms with Crippen LogP contribution in [0.4, 0.5) is 0 Å². The number of nitrogens with one attached hydrogen (secondary N) is 2. The zero-order valence-electron chi connectivity index (χ0n) is 21.7. The molecule has 38 heavy (non-hydrogen) atoms. The van der Waals surface area contributed by atoms with E-state index in [2.05, 4.69) is 36.1 Å². The molecule has 3 N–H and O–H groups in total. The first-order valence-electron chi connectivity index (χ1n) is 13.0. The highest BCUT2D eigenvalue weighted by Crippen LogP contribution is 2.47. The third kappa shape index (κ3) is 2.91. The number of ketones is 1. The van der Waals surface area contributed by atoms with Gasteiger partial charge in [0.05, 0.1) is 39.4 Å². The van der Waals surface area contributed by atoms with E-state index in [0.717, 1.165) is 91.5 Å². The Bertz CT molecular complexity index is 1840. The van der Waals surface area contributed by atoms with Crippen LogP contribution >= 0.6 is 0 Å². The van der Waals surface area contributed by atoms with Gasteiger partial charge in [-0.3, -0.25) is 4.79 Å². The molecular formula is C32H28N4O2. The first-order valence-corrected chi connectivity index (χ1v) is 13.0. The molecule has 0 unspecified atom stereocenters. The van der Waals surface area contributed by atoms with Crippen LogP contribution in [0.25, 0.3) is 38.9 Å². The van der Waals surface area contributed by atoms with Crippen molar-refractivity contribution in [2.45, 2.75) is 46.0 Å². The number of nitrogens with zero attached hydrogens (tertiary/aromatic N) is 2. The molecule has 2 aliphatic carbocycles. The Morgan fingerprint density at radius 1 is 0.921 bits per heavy atom. The zero-order valence-corrected chi connectivity index (χ0v) is 21.7. The molecule has 1 atom stereocenters. The number of carbonyl (C=O) groups is 1. The summed E-state index contributed by atoms with van der Waals surface area (Å²) in [5.41, 5.74) is 13.8. The lowest BCUT2D eigenvalue weighted by Gasteiger charge is -2.07. The number of allylic oxidation sites excluding steroid dienone is 8. The molecule has 5 aliphatic rings. The minimum atomic E-state index is -0.118. The lowest BCUT2D eigenvalue weighted by Crippen LogP contribution is -2.00. The average Bonchev–Trinajstić information content (AvgIpc) is 3.63. The minimum absolute atomic E-state index is 0.118. The summed E-state index contributed by atoms with van der Waals surface area (Å²) < 4.78 is 0. The summed E-state index contributed by atoms with van der Waals surface area (Å²) in [6.45, 7) is 14.2. The number of hydrogen-bond acceptors (Lipinski definition) is 4. The van der Waals surface area contributed by atoms with Gasteiger partial charge in [-0.2, -0.15) is 0 Å². The van der Waals surface area contributed by atoms with Gasteiger partial charge < -0.3 is 15.1 Å². The molecule has 188 valence electrons. The maximum Gasteiger partial charge on any atom is 0.199 e. The van der Waals surface area contributed by atoms with Crippen molar-refractivity contribution in [3.05, 3.63) is 100 Å². The summed E-state index contributed by atoms with van der Waals surface area (Å²) in [6, 6.07) is 6.13. The van der Waals surface area contributed by atoms with Crippen molar-refractivity contribution in [3.63, 3.8) is 0 Å². The number of rotatable bonds is 2. The summed E-state index contributed by atoms with van der Waals surface area (Å²) in [6.07, 6.45) is 5.73. The third-order valence-electron chi connectivity index (χ3n) is 8.58. The summed E-state index contributed by atoms with van der Waals surface area (Å²) >= 11 is 0. The van der Waals surface area contributed by atoms with Gasteiger partial charge in [-0.25, -0.2) is 9.97 Å². The van der Waals surface area contributed by atoms with Crippen LogP contribution in [0.15, 0.2) is 49.3 Å². The monoisotopic (exact) mass is 500 g/mol. The predicted molar refractivity (Wildman–Crippen MR) is 152 cm³/mol. The van der Waals surface area contributed by atoms with Crippen molar-refractivity contribution in [2.75, 3.05) is 0 Å². The smallest absolute Gasteiger partial charge is 0.199 e. The van der Waals surface area contributed by atoms with Crippen LogP contribution < -0.4 is 0 Å². The van der Waals surface area contributed by atoms with Crippen molar-refractivity contribution in [3.8, 4) is 0 Å². The third-order valence-corrected chi connectivity index (χ3v) is 8.58. The highest BCUT2D eigenvalue weighted by Gasteiger charge is 2.39. The van der Waals surface area contributed by atoms with Gasteiger partial charge in [0.15, 0.2) is 5.78 Å². The molecule has 2 aromatic heterocycles. The Labute approximate surface area is 220 Å². The van der Waals surface area contributed by atoms with Gasteiger partial charge in [0.1, 0.15) is 5.76 Å². The van der Waals surface area contributed by atoms with E-state index < -0.39 is 0 Å². The quantitative estimate of drug-likeness (QED) is 0.408. The summed E-state index contributed by atoms with van der Waals surface area (Å²) in [5.74, 6) is 0.239. The standard InChI is InChI=1S/C32H28N4O2/c1-6-19-14(3)21-11-18-10-17-8-9-26(37)28-29(30(17)33-18)31-27(32(28)38)16(5)23(36-31)13-25-20(7-2)15(4)22(35-25)12-24(19)34-21/h6-7,11-13,17,33,36-37H,1-2,8-10H2,3-5H3/t17-/m0/s1. The number of aliphatic hydroxyl groups excluding tert-OH is 1. The van der Waals surface area contributed by atoms with E-state index in [0.29, 0.717) is 17.6 Å². The highest BCUT2D eigenvalue weighted by molar-refractivity contribution is 6.39. The summed E-state index contributed by atoms with van der Waals surface area (Å²) in [7, 11) is 0. The van der Waals surface area contributed by atoms with Crippen molar-refractivity contribution >= 4 is 44.7 Å². The number of H-pyrrole nitrogens is 2. The van der Waals surface area contributed by atoms with Crippen LogP contribution in [0, 0.1) is 6.92 Å². The first-order chi connectivity index (χ1) is 18.3. The molecule has 3 aliphatic heterocycles. The highest BCUT2D eigenvalue weighted by atomic mass is 16.3. The lowest BCUT2D eigenvalue weighted by atomic mass is 9.95. The molecule has 0 saturated carbocycles. The molecule has 7 rings (SSSR count). The largest absolute Gasteiger partial charge is 0.512 e. The van der Waals surface area contributed by atoms with Crippen LogP contribution in [0.3, 0.4) is 0 Å². The van der Waals surface area contributed by atoms with Gasteiger partial charge in [-0.05, 0) is 68.5 Å². The van der Waals surface area contributed by atoms with Gasteiger partial charge in [0, 0.05) is 46.0 Å². The first kappa shape index (κ1) is 22.7. The number of fused-ring (bicyclic) bond motifs is 6. The molecule has 0 amide bonds. The van der Waals surface area contributed by atoms with Gasteiger partial charge in [0.2, 0.25) is 0 Å². The minimum Gasteiger partial charge on any atom is -0.512 e. The average molecular weight is 501 g/mol. The molecule has 0 fully saturated rings. The van der Waals surface area contributed by atoms with Gasteiger partial charge >= 0.3 is 0 Å². The Morgan fingerprint density at radius 3 is 2.26 bits per heavy atom. The lowest BCUT2D eigenvalue weighted by molar-refractivity contribution is 0.105. The second-order valence-corrected chi connectivity index (χ2v) is 10.6. The number of Topliss-reactive ketones (excluding diaryl/α,β-unsaturated/α-hetero) is 1. The Balaban J connectivity index is 1.69. The number of aromatic nitrogens is 4. The van der Waals surface area contributed by atoms with Crippen LogP contribution in [-0.2, 0) is 6.42 Å². The molecule has 0 saturated heterocycles. The maximum atomic E-state index is 13.7. The van der Waals surface area contributed by atoms with Crippen molar-refractivity contribution in [2.24, 2.45) is 0 Å². The second kappa shape index (κ2) is 7.78. The normalized spacial score (nSPS) is 18.9. The molecule has 0 aromatic carbocycles. The van der Waals surface area contributed by atoms with Gasteiger partial charge in [0.25, 0.3) is 0 Å². The van der Waals surface area contributed by atoms with Crippen LogP contribution in [0.2, 0.25) is 0 Å². The molecule has 0 spiro atoms. The second-order valence-electron chi connectivity index (χ2n) is 10.6. The predicted octanol–water partition coefficient (Wildman–Crippen LogP) is 7.16. The maximum absolute atomic E-state index is 13.7. The topological polar surface area (TPSA) is 94.7 Å². The Morgan fingerprint density at radius 2 is 1.58 bits per heavy atom. The van der Waals surface area contributed by atoms with Crippen molar-refractivity contribution in [1.82, 2.24) is 19.9 Å². The summed E-state index contributed by atoms with van der Waals surface area (Å²) in [4.78, 5) is 30.9. The van der Waals surface area contributed by atoms with Gasteiger partial charge in [-0.1, -0.05) is 25.3 Å². The Hall–Kier alpha value is -4.45. The van der Waals surface area contributed by atoms with E-state index in [9.17, 15) is 9.90 Å².